The Morgan fingerprint density at radius 3 is 2.63 bits per heavy atom. The minimum Gasteiger partial charge on any atom is -0.352 e. The average Bonchev–Trinajstić information content (AvgIpc) is 3.39. The van der Waals surface area contributed by atoms with Crippen LogP contribution < -0.4 is 5.32 Å². The molecule has 2 aromatic rings. The molecule has 2 aliphatic rings. The van der Waals surface area contributed by atoms with Crippen LogP contribution in [0.5, 0.6) is 0 Å². The number of amides is 1. The fourth-order valence-corrected chi connectivity index (χ4v) is 5.65. The molecule has 144 valence electrons. The molecule has 4 rings (SSSR count). The summed E-state index contributed by atoms with van der Waals surface area (Å²) >= 11 is 1.47. The van der Waals surface area contributed by atoms with Crippen LogP contribution >= 0.6 is 11.8 Å². The van der Waals surface area contributed by atoms with Gasteiger partial charge in [0, 0.05) is 18.7 Å². The number of nitrogens with zero attached hydrogens (tertiary/aromatic N) is 3. The number of rotatable bonds is 6. The second-order valence-electron chi connectivity index (χ2n) is 8.13. The molecule has 1 N–H and O–H groups in total. The van der Waals surface area contributed by atoms with E-state index in [1.165, 1.54) is 37.4 Å². The van der Waals surface area contributed by atoms with Gasteiger partial charge in [-0.15, -0.1) is 10.2 Å². The normalized spacial score (nSPS) is 26.1. The highest BCUT2D eigenvalue weighted by molar-refractivity contribution is 8.00. The van der Waals surface area contributed by atoms with Crippen LogP contribution in [-0.4, -0.2) is 32.0 Å². The van der Waals surface area contributed by atoms with Crippen LogP contribution in [0.25, 0.3) is 11.4 Å². The molecule has 2 aliphatic carbocycles. The Labute approximate surface area is 165 Å². The fourth-order valence-electron chi connectivity index (χ4n) is 4.82. The number of aromatic nitrogens is 3. The van der Waals surface area contributed by atoms with E-state index >= 15 is 0 Å². The van der Waals surface area contributed by atoms with E-state index in [9.17, 15) is 4.79 Å². The Balaban J connectivity index is 1.37. The summed E-state index contributed by atoms with van der Waals surface area (Å²) in [5.41, 5.74) is 1.03. The van der Waals surface area contributed by atoms with Gasteiger partial charge in [-0.3, -0.25) is 4.79 Å². The summed E-state index contributed by atoms with van der Waals surface area (Å²) in [5.74, 6) is 3.30. The zero-order chi connectivity index (χ0) is 19.0. The lowest BCUT2D eigenvalue weighted by atomic mass is 9.84. The maximum atomic E-state index is 12.7. The van der Waals surface area contributed by atoms with Crippen molar-refractivity contribution in [1.29, 1.82) is 0 Å². The van der Waals surface area contributed by atoms with Crippen LogP contribution in [0.15, 0.2) is 35.5 Å². The van der Waals surface area contributed by atoms with Gasteiger partial charge < -0.3 is 9.88 Å². The summed E-state index contributed by atoms with van der Waals surface area (Å²) in [4.78, 5) is 12.7. The van der Waals surface area contributed by atoms with Crippen molar-refractivity contribution in [2.45, 2.75) is 56.0 Å². The molecule has 0 spiro atoms. The lowest BCUT2D eigenvalue weighted by Crippen LogP contribution is -2.43. The molecule has 27 heavy (non-hydrogen) atoms. The molecule has 1 amide bonds. The van der Waals surface area contributed by atoms with Crippen LogP contribution in [0.3, 0.4) is 0 Å². The van der Waals surface area contributed by atoms with Crippen LogP contribution in [0, 0.1) is 17.8 Å². The molecular weight excluding hydrogens is 356 g/mol. The van der Waals surface area contributed by atoms with Gasteiger partial charge in [0.1, 0.15) is 0 Å². The number of hydrogen-bond donors (Lipinski definition) is 1. The molecule has 5 atom stereocenters. The summed E-state index contributed by atoms with van der Waals surface area (Å²) in [6.07, 6.45) is 5.40. The Kier molecular flexibility index (Phi) is 5.26. The van der Waals surface area contributed by atoms with Crippen LogP contribution in [0.2, 0.25) is 0 Å². The van der Waals surface area contributed by atoms with Gasteiger partial charge in [-0.25, -0.2) is 0 Å². The zero-order valence-corrected chi connectivity index (χ0v) is 17.1. The van der Waals surface area contributed by atoms with E-state index in [4.69, 9.17) is 0 Å². The van der Waals surface area contributed by atoms with Crippen molar-refractivity contribution < 1.29 is 4.79 Å². The van der Waals surface area contributed by atoms with E-state index in [2.05, 4.69) is 22.4 Å². The molecule has 1 heterocycles. The highest BCUT2D eigenvalue weighted by Gasteiger charge is 2.42. The van der Waals surface area contributed by atoms with Crippen molar-refractivity contribution in [3.05, 3.63) is 30.3 Å². The second kappa shape index (κ2) is 7.66. The fraction of sp³-hybridized carbons (Fsp3) is 0.571. The summed E-state index contributed by atoms with van der Waals surface area (Å²) in [6, 6.07) is 10.3. The highest BCUT2D eigenvalue weighted by Crippen LogP contribution is 2.49. The minimum absolute atomic E-state index is 0.0968. The molecular formula is C21H28N4OS. The molecule has 6 heteroatoms. The van der Waals surface area contributed by atoms with E-state index in [0.717, 1.165) is 28.4 Å². The average molecular weight is 385 g/mol. The summed E-state index contributed by atoms with van der Waals surface area (Å²) in [7, 11) is 1.95. The number of carbonyl (C=O) groups is 1. The van der Waals surface area contributed by atoms with Gasteiger partial charge >= 0.3 is 0 Å². The highest BCUT2D eigenvalue weighted by atomic mass is 32.2. The largest absolute Gasteiger partial charge is 0.352 e. The maximum absolute atomic E-state index is 12.7. The lowest BCUT2D eigenvalue weighted by Gasteiger charge is -2.29. The molecule has 2 fully saturated rings. The Morgan fingerprint density at radius 1 is 1.19 bits per heavy atom. The Hall–Kier alpha value is -1.82. The van der Waals surface area contributed by atoms with E-state index in [1.807, 2.05) is 48.9 Å². The topological polar surface area (TPSA) is 59.8 Å². The Morgan fingerprint density at radius 2 is 1.96 bits per heavy atom. The first-order chi connectivity index (χ1) is 13.0. The molecule has 0 radical (unpaired) electrons. The molecule has 2 bridgehead atoms. The van der Waals surface area contributed by atoms with Gasteiger partial charge in [-0.05, 0) is 50.9 Å². The lowest BCUT2D eigenvalue weighted by molar-refractivity contribution is -0.121. The van der Waals surface area contributed by atoms with E-state index in [1.54, 1.807) is 0 Å². The molecule has 0 aliphatic heterocycles. The van der Waals surface area contributed by atoms with Gasteiger partial charge in [0.05, 0.1) is 5.25 Å². The third-order valence-corrected chi connectivity index (χ3v) is 7.46. The van der Waals surface area contributed by atoms with Crippen molar-refractivity contribution in [2.24, 2.45) is 24.8 Å². The molecule has 5 unspecified atom stereocenters. The van der Waals surface area contributed by atoms with Gasteiger partial charge in [0.25, 0.3) is 0 Å². The quantitative estimate of drug-likeness (QED) is 0.767. The number of carbonyl (C=O) groups excluding carboxylic acids is 1. The summed E-state index contributed by atoms with van der Waals surface area (Å²) in [6.45, 7) is 4.13. The van der Waals surface area contributed by atoms with E-state index in [-0.39, 0.29) is 17.2 Å². The maximum Gasteiger partial charge on any atom is 0.233 e. The van der Waals surface area contributed by atoms with Gasteiger partial charge in [0.2, 0.25) is 5.91 Å². The molecule has 0 saturated heterocycles. The van der Waals surface area contributed by atoms with Gasteiger partial charge in [-0.1, -0.05) is 48.5 Å². The molecule has 1 aromatic heterocycles. The van der Waals surface area contributed by atoms with Crippen LogP contribution in [0.4, 0.5) is 0 Å². The van der Waals surface area contributed by atoms with Gasteiger partial charge in [-0.2, -0.15) is 0 Å². The van der Waals surface area contributed by atoms with Crippen molar-refractivity contribution in [3.8, 4) is 11.4 Å². The third-order valence-electron chi connectivity index (χ3n) is 6.32. The van der Waals surface area contributed by atoms with Crippen molar-refractivity contribution in [1.82, 2.24) is 20.1 Å². The molecule has 2 saturated carbocycles. The first kappa shape index (κ1) is 18.5. The first-order valence-electron chi connectivity index (χ1n) is 9.94. The monoisotopic (exact) mass is 384 g/mol. The van der Waals surface area contributed by atoms with E-state index in [0.29, 0.717) is 5.92 Å². The van der Waals surface area contributed by atoms with Crippen LogP contribution in [-0.2, 0) is 11.8 Å². The minimum atomic E-state index is -0.197. The first-order valence-corrected chi connectivity index (χ1v) is 10.8. The predicted molar refractivity (Wildman–Crippen MR) is 108 cm³/mol. The third kappa shape index (κ3) is 3.77. The predicted octanol–water partition coefficient (Wildman–Crippen LogP) is 3.90. The number of benzene rings is 1. The molecule has 1 aromatic carbocycles. The van der Waals surface area contributed by atoms with Crippen molar-refractivity contribution in [2.75, 3.05) is 0 Å². The zero-order valence-electron chi connectivity index (χ0n) is 16.3. The van der Waals surface area contributed by atoms with E-state index < -0.39 is 0 Å². The standard InChI is InChI=1S/C21H28N4OS/c1-13(18-12-15-9-10-17(18)11-15)22-20(26)14(2)27-21-24-23-19(25(21)3)16-7-5-4-6-8-16/h4-8,13-15,17-18H,9-12H2,1-3H3,(H,22,26). The Bertz CT molecular complexity index is 806. The number of fused-ring (bicyclic) bond motifs is 2. The number of nitrogens with one attached hydrogen (secondary N) is 1. The van der Waals surface area contributed by atoms with Crippen molar-refractivity contribution in [3.63, 3.8) is 0 Å². The van der Waals surface area contributed by atoms with Crippen LogP contribution in [0.1, 0.15) is 39.5 Å². The SMILES string of the molecule is CC(Sc1nnc(-c2ccccc2)n1C)C(=O)NC(C)C1CC2CCC1C2. The molecule has 5 nitrogen and oxygen atoms in total. The second-order valence-corrected chi connectivity index (χ2v) is 9.44. The number of thioether (sulfide) groups is 1. The summed E-state index contributed by atoms with van der Waals surface area (Å²) < 4.78 is 1.96. The van der Waals surface area contributed by atoms with Gasteiger partial charge in [0.15, 0.2) is 11.0 Å². The number of hydrogen-bond acceptors (Lipinski definition) is 4. The van der Waals surface area contributed by atoms with Crippen molar-refractivity contribution >= 4 is 17.7 Å². The summed E-state index contributed by atoms with van der Waals surface area (Å²) in [5, 5.41) is 12.4. The smallest absolute Gasteiger partial charge is 0.233 e.